The van der Waals surface area contributed by atoms with Crippen LogP contribution in [0.4, 0.5) is 5.69 Å². The number of nitrogens with zero attached hydrogens (tertiary/aromatic N) is 2. The third-order valence-electron chi connectivity index (χ3n) is 3.21. The Morgan fingerprint density at radius 2 is 1.86 bits per heavy atom. The summed E-state index contributed by atoms with van der Waals surface area (Å²) in [5, 5.41) is 0. The molecule has 0 saturated carbocycles. The van der Waals surface area contributed by atoms with Gasteiger partial charge in [0.1, 0.15) is 0 Å². The molecule has 110 valence electrons. The Bertz CT molecular complexity index is 584. The van der Waals surface area contributed by atoms with E-state index in [2.05, 4.69) is 4.98 Å². The number of methoxy groups -OCH3 is 2. The second-order valence-electron chi connectivity index (χ2n) is 4.48. The number of ether oxygens (including phenoxy) is 2. The summed E-state index contributed by atoms with van der Waals surface area (Å²) in [5.41, 5.74) is 1.50. The van der Waals surface area contributed by atoms with E-state index in [1.54, 1.807) is 32.5 Å². The predicted molar refractivity (Wildman–Crippen MR) is 80.4 cm³/mol. The van der Waals surface area contributed by atoms with Gasteiger partial charge in [0.15, 0.2) is 6.10 Å². The number of hydrogen-bond acceptors (Lipinski definition) is 4. The molecular formula is C16H18N2O3. The first-order valence-corrected chi connectivity index (χ1v) is 6.52. The van der Waals surface area contributed by atoms with E-state index >= 15 is 0 Å². The van der Waals surface area contributed by atoms with E-state index in [4.69, 9.17) is 9.47 Å². The van der Waals surface area contributed by atoms with Crippen LogP contribution in [0.2, 0.25) is 0 Å². The van der Waals surface area contributed by atoms with Gasteiger partial charge in [-0.15, -0.1) is 0 Å². The maximum Gasteiger partial charge on any atom is 0.260 e. The second kappa shape index (κ2) is 6.85. The fraction of sp³-hybridized carbons (Fsp3) is 0.250. The first-order valence-electron chi connectivity index (χ1n) is 6.52. The van der Waals surface area contributed by atoms with Gasteiger partial charge in [0.25, 0.3) is 5.91 Å². The number of anilines is 1. The van der Waals surface area contributed by atoms with Crippen LogP contribution in [0.1, 0.15) is 11.7 Å². The standard InChI is InChI=1S/C16H18N2O3/c1-18(13-9-10-14(20-2)17-11-13)16(19)15(21-3)12-7-5-4-6-8-12/h4-11,15H,1-3H3. The lowest BCUT2D eigenvalue weighted by Gasteiger charge is -2.23. The van der Waals surface area contributed by atoms with Gasteiger partial charge < -0.3 is 14.4 Å². The Balaban J connectivity index is 2.20. The van der Waals surface area contributed by atoms with E-state index in [1.807, 2.05) is 30.3 Å². The van der Waals surface area contributed by atoms with Gasteiger partial charge in [-0.3, -0.25) is 4.79 Å². The molecule has 21 heavy (non-hydrogen) atoms. The summed E-state index contributed by atoms with van der Waals surface area (Å²) in [7, 11) is 4.77. The van der Waals surface area contributed by atoms with Crippen LogP contribution in [-0.4, -0.2) is 32.2 Å². The molecule has 0 N–H and O–H groups in total. The summed E-state index contributed by atoms with van der Waals surface area (Å²) in [6.45, 7) is 0. The largest absolute Gasteiger partial charge is 0.481 e. The highest BCUT2D eigenvalue weighted by atomic mass is 16.5. The zero-order valence-electron chi connectivity index (χ0n) is 12.3. The normalized spacial score (nSPS) is 11.8. The quantitative estimate of drug-likeness (QED) is 0.847. The molecule has 1 aromatic carbocycles. The van der Waals surface area contributed by atoms with Crippen LogP contribution in [0.3, 0.4) is 0 Å². The van der Waals surface area contributed by atoms with Gasteiger partial charge in [-0.25, -0.2) is 4.98 Å². The monoisotopic (exact) mass is 286 g/mol. The molecule has 5 nitrogen and oxygen atoms in total. The number of carbonyl (C=O) groups excluding carboxylic acids is 1. The minimum Gasteiger partial charge on any atom is -0.481 e. The van der Waals surface area contributed by atoms with Crippen molar-refractivity contribution in [2.24, 2.45) is 0 Å². The van der Waals surface area contributed by atoms with Crippen LogP contribution >= 0.6 is 0 Å². The number of hydrogen-bond donors (Lipinski definition) is 0. The van der Waals surface area contributed by atoms with E-state index in [0.717, 1.165) is 5.56 Å². The highest BCUT2D eigenvalue weighted by Crippen LogP contribution is 2.22. The Morgan fingerprint density at radius 1 is 1.14 bits per heavy atom. The minimum absolute atomic E-state index is 0.157. The number of rotatable bonds is 5. The first kappa shape index (κ1) is 15.0. The molecule has 0 aliphatic carbocycles. The van der Waals surface area contributed by atoms with E-state index in [9.17, 15) is 4.79 Å². The van der Waals surface area contributed by atoms with Crippen LogP contribution in [-0.2, 0) is 9.53 Å². The van der Waals surface area contributed by atoms with Crippen molar-refractivity contribution in [2.45, 2.75) is 6.10 Å². The fourth-order valence-electron chi connectivity index (χ4n) is 2.00. The number of likely N-dealkylation sites (N-methyl/N-ethyl adjacent to an activating group) is 1. The highest BCUT2D eigenvalue weighted by molar-refractivity contribution is 5.96. The molecule has 5 heteroatoms. The van der Waals surface area contributed by atoms with Gasteiger partial charge in [0, 0.05) is 20.2 Å². The molecule has 0 saturated heterocycles. The van der Waals surface area contributed by atoms with Crippen molar-refractivity contribution >= 4 is 11.6 Å². The Morgan fingerprint density at radius 3 is 2.38 bits per heavy atom. The molecule has 0 fully saturated rings. The van der Waals surface area contributed by atoms with Crippen LogP contribution in [0.15, 0.2) is 48.7 Å². The molecule has 0 aliphatic heterocycles. The zero-order chi connectivity index (χ0) is 15.2. The molecule has 1 heterocycles. The average Bonchev–Trinajstić information content (AvgIpc) is 2.56. The first-order chi connectivity index (χ1) is 10.2. The van der Waals surface area contributed by atoms with Crippen LogP contribution in [0, 0.1) is 0 Å². The topological polar surface area (TPSA) is 51.7 Å². The predicted octanol–water partition coefficient (Wildman–Crippen LogP) is 2.44. The van der Waals surface area contributed by atoms with Gasteiger partial charge >= 0.3 is 0 Å². The summed E-state index contributed by atoms with van der Waals surface area (Å²) < 4.78 is 10.4. The molecule has 0 aliphatic rings. The van der Waals surface area contributed by atoms with Crippen molar-refractivity contribution in [2.75, 3.05) is 26.2 Å². The molecule has 0 radical (unpaired) electrons. The maximum atomic E-state index is 12.6. The van der Waals surface area contributed by atoms with Gasteiger partial charge in [-0.2, -0.15) is 0 Å². The van der Waals surface area contributed by atoms with Crippen molar-refractivity contribution in [3.8, 4) is 5.88 Å². The summed E-state index contributed by atoms with van der Waals surface area (Å²) in [5.74, 6) is 0.349. The number of aromatic nitrogens is 1. The van der Waals surface area contributed by atoms with Crippen molar-refractivity contribution in [1.82, 2.24) is 4.98 Å². The lowest BCUT2D eigenvalue weighted by molar-refractivity contribution is -0.128. The third-order valence-corrected chi connectivity index (χ3v) is 3.21. The number of benzene rings is 1. The van der Waals surface area contributed by atoms with Crippen molar-refractivity contribution in [3.05, 3.63) is 54.2 Å². The zero-order valence-corrected chi connectivity index (χ0v) is 12.3. The fourth-order valence-corrected chi connectivity index (χ4v) is 2.00. The summed E-state index contributed by atoms with van der Waals surface area (Å²) >= 11 is 0. The molecule has 1 atom stereocenters. The lowest BCUT2D eigenvalue weighted by Crippen LogP contribution is -2.32. The molecule has 2 aromatic rings. The molecule has 1 amide bonds. The van der Waals surface area contributed by atoms with E-state index in [0.29, 0.717) is 11.6 Å². The second-order valence-corrected chi connectivity index (χ2v) is 4.48. The molecule has 0 spiro atoms. The Labute approximate surface area is 124 Å². The van der Waals surface area contributed by atoms with Gasteiger partial charge in [-0.1, -0.05) is 30.3 Å². The van der Waals surface area contributed by atoms with Crippen LogP contribution < -0.4 is 9.64 Å². The lowest BCUT2D eigenvalue weighted by atomic mass is 10.1. The summed E-state index contributed by atoms with van der Waals surface area (Å²) in [6.07, 6.45) is 0.951. The molecule has 1 unspecified atom stereocenters. The molecule has 2 rings (SSSR count). The van der Waals surface area contributed by atoms with Crippen LogP contribution in [0.25, 0.3) is 0 Å². The SMILES string of the molecule is COc1ccc(N(C)C(=O)C(OC)c2ccccc2)cn1. The Kier molecular flexibility index (Phi) is 4.90. The third kappa shape index (κ3) is 3.38. The van der Waals surface area contributed by atoms with Crippen molar-refractivity contribution < 1.29 is 14.3 Å². The number of carbonyl (C=O) groups is 1. The molecule has 0 bridgehead atoms. The number of amides is 1. The van der Waals surface area contributed by atoms with Crippen LogP contribution in [0.5, 0.6) is 5.88 Å². The summed E-state index contributed by atoms with van der Waals surface area (Å²) in [6, 6.07) is 12.9. The van der Waals surface area contributed by atoms with E-state index in [-0.39, 0.29) is 5.91 Å². The van der Waals surface area contributed by atoms with Gasteiger partial charge in [0.05, 0.1) is 19.0 Å². The van der Waals surface area contributed by atoms with Crippen molar-refractivity contribution in [3.63, 3.8) is 0 Å². The van der Waals surface area contributed by atoms with E-state index in [1.165, 1.54) is 12.0 Å². The maximum absolute atomic E-state index is 12.6. The Hall–Kier alpha value is -2.40. The summed E-state index contributed by atoms with van der Waals surface area (Å²) in [4.78, 5) is 18.2. The van der Waals surface area contributed by atoms with Gasteiger partial charge in [0.2, 0.25) is 5.88 Å². The molecule has 1 aromatic heterocycles. The average molecular weight is 286 g/mol. The van der Waals surface area contributed by atoms with Gasteiger partial charge in [-0.05, 0) is 11.6 Å². The number of pyridine rings is 1. The molecular weight excluding hydrogens is 268 g/mol. The smallest absolute Gasteiger partial charge is 0.260 e. The minimum atomic E-state index is -0.640. The highest BCUT2D eigenvalue weighted by Gasteiger charge is 2.24. The van der Waals surface area contributed by atoms with Crippen molar-refractivity contribution in [1.29, 1.82) is 0 Å². The van der Waals surface area contributed by atoms with E-state index < -0.39 is 6.10 Å².